The van der Waals surface area contributed by atoms with Crippen molar-refractivity contribution in [2.24, 2.45) is 0 Å². The summed E-state index contributed by atoms with van der Waals surface area (Å²) in [7, 11) is 0. The van der Waals surface area contributed by atoms with Gasteiger partial charge in [-0.1, -0.05) is 69.8 Å². The molecule has 1 heterocycles. The van der Waals surface area contributed by atoms with Crippen LogP contribution in [0.1, 0.15) is 96.8 Å². The summed E-state index contributed by atoms with van der Waals surface area (Å²) < 4.78 is 0. The molecule has 0 saturated carbocycles. The van der Waals surface area contributed by atoms with Crippen molar-refractivity contribution in [1.29, 1.82) is 0 Å². The highest BCUT2D eigenvalue weighted by Crippen LogP contribution is 2.13. The molecule has 0 radical (unpaired) electrons. The van der Waals surface area contributed by atoms with E-state index in [1.54, 1.807) is 0 Å². The van der Waals surface area contributed by atoms with Gasteiger partial charge in [-0.05, 0) is 44.9 Å². The van der Waals surface area contributed by atoms with Crippen LogP contribution in [0.3, 0.4) is 0 Å². The zero-order valence-electron chi connectivity index (χ0n) is 16.0. The van der Waals surface area contributed by atoms with Crippen molar-refractivity contribution in [2.45, 2.75) is 96.8 Å². The van der Waals surface area contributed by atoms with Crippen molar-refractivity contribution in [3.8, 4) is 0 Å². The van der Waals surface area contributed by atoms with Crippen LogP contribution in [-0.2, 0) is 4.79 Å². The fourth-order valence-electron chi connectivity index (χ4n) is 3.23. The first-order chi connectivity index (χ1) is 11.8. The Morgan fingerprint density at radius 3 is 1.96 bits per heavy atom. The Hall–Kier alpha value is -1.05. The van der Waals surface area contributed by atoms with Crippen molar-refractivity contribution in [2.75, 3.05) is 13.1 Å². The summed E-state index contributed by atoms with van der Waals surface area (Å²) >= 11 is 0. The lowest BCUT2D eigenvalue weighted by atomic mass is 10.1. The van der Waals surface area contributed by atoms with Gasteiger partial charge in [0.1, 0.15) is 0 Å². The summed E-state index contributed by atoms with van der Waals surface area (Å²) in [5.74, 6) is 0.389. The Balaban J connectivity index is 1.81. The molecule has 2 heteroatoms. The third-order valence-corrected chi connectivity index (χ3v) is 4.83. The summed E-state index contributed by atoms with van der Waals surface area (Å²) in [6.45, 7) is 4.25. The summed E-state index contributed by atoms with van der Waals surface area (Å²) in [4.78, 5) is 13.9. The lowest BCUT2D eigenvalue weighted by molar-refractivity contribution is -0.130. The van der Waals surface area contributed by atoms with E-state index in [0.717, 1.165) is 25.9 Å². The van der Waals surface area contributed by atoms with Gasteiger partial charge in [-0.25, -0.2) is 0 Å². The molecule has 0 atom stereocenters. The van der Waals surface area contributed by atoms with Crippen LogP contribution >= 0.6 is 0 Å². The van der Waals surface area contributed by atoms with Gasteiger partial charge in [0.05, 0.1) is 0 Å². The van der Waals surface area contributed by atoms with Gasteiger partial charge in [-0.2, -0.15) is 0 Å². The smallest absolute Gasteiger partial charge is 0.222 e. The number of hydrogen-bond donors (Lipinski definition) is 0. The second-order valence-corrected chi connectivity index (χ2v) is 7.10. The van der Waals surface area contributed by atoms with Crippen molar-refractivity contribution >= 4 is 5.91 Å². The lowest BCUT2D eigenvalue weighted by Crippen LogP contribution is -2.27. The van der Waals surface area contributed by atoms with E-state index in [0.29, 0.717) is 5.91 Å². The summed E-state index contributed by atoms with van der Waals surface area (Å²) in [5, 5.41) is 0. The van der Waals surface area contributed by atoms with E-state index in [-0.39, 0.29) is 0 Å². The fourth-order valence-corrected chi connectivity index (χ4v) is 3.23. The molecule has 0 aromatic heterocycles. The quantitative estimate of drug-likeness (QED) is 0.265. The molecule has 1 saturated heterocycles. The normalized spacial score (nSPS) is 15.1. The Kier molecular flexibility index (Phi) is 13.5. The Morgan fingerprint density at radius 1 is 0.792 bits per heavy atom. The fraction of sp³-hybridized carbons (Fsp3) is 0.773. The van der Waals surface area contributed by atoms with Crippen LogP contribution in [-0.4, -0.2) is 23.9 Å². The Labute approximate surface area is 150 Å². The highest BCUT2D eigenvalue weighted by atomic mass is 16.2. The number of amides is 1. The second kappa shape index (κ2) is 15.5. The third-order valence-electron chi connectivity index (χ3n) is 4.83. The van der Waals surface area contributed by atoms with Crippen LogP contribution in [0.25, 0.3) is 0 Å². The average molecular weight is 334 g/mol. The highest BCUT2D eigenvalue weighted by molar-refractivity contribution is 5.76. The van der Waals surface area contributed by atoms with Crippen LogP contribution in [0, 0.1) is 0 Å². The Bertz CT molecular complexity index is 353. The Morgan fingerprint density at radius 2 is 1.33 bits per heavy atom. The molecule has 0 N–H and O–H groups in total. The largest absolute Gasteiger partial charge is 0.343 e. The van der Waals surface area contributed by atoms with Gasteiger partial charge in [-0.3, -0.25) is 4.79 Å². The molecule has 1 aliphatic heterocycles. The number of carbonyl (C=O) groups is 1. The molecular formula is C22H39NO. The predicted octanol–water partition coefficient (Wildman–Crippen LogP) is 6.42. The van der Waals surface area contributed by atoms with E-state index in [1.807, 2.05) is 4.90 Å². The molecule has 1 fully saturated rings. The van der Waals surface area contributed by atoms with E-state index in [2.05, 4.69) is 31.2 Å². The van der Waals surface area contributed by atoms with Gasteiger partial charge in [0.25, 0.3) is 0 Å². The minimum absolute atomic E-state index is 0.389. The third kappa shape index (κ3) is 11.5. The monoisotopic (exact) mass is 333 g/mol. The van der Waals surface area contributed by atoms with Gasteiger partial charge in [0.2, 0.25) is 5.91 Å². The highest BCUT2D eigenvalue weighted by Gasteiger charge is 2.16. The van der Waals surface area contributed by atoms with Crippen molar-refractivity contribution in [3.05, 3.63) is 24.3 Å². The maximum absolute atomic E-state index is 11.9. The van der Waals surface area contributed by atoms with Gasteiger partial charge < -0.3 is 4.90 Å². The topological polar surface area (TPSA) is 20.3 Å². The average Bonchev–Trinajstić information content (AvgIpc) is 3.13. The molecule has 1 rings (SSSR count). The molecule has 0 aromatic carbocycles. The molecule has 2 nitrogen and oxygen atoms in total. The van der Waals surface area contributed by atoms with Crippen molar-refractivity contribution < 1.29 is 4.79 Å². The maximum atomic E-state index is 11.9. The molecule has 1 amide bonds. The first kappa shape index (κ1) is 21.0. The molecule has 0 aromatic rings. The lowest BCUT2D eigenvalue weighted by Gasteiger charge is -2.14. The number of carbonyl (C=O) groups excluding carboxylic acids is 1. The van der Waals surface area contributed by atoms with E-state index in [4.69, 9.17) is 0 Å². The van der Waals surface area contributed by atoms with E-state index < -0.39 is 0 Å². The molecular weight excluding hydrogens is 294 g/mol. The van der Waals surface area contributed by atoms with E-state index in [9.17, 15) is 4.79 Å². The molecule has 0 aliphatic carbocycles. The number of nitrogens with zero attached hydrogens (tertiary/aromatic N) is 1. The minimum Gasteiger partial charge on any atom is -0.343 e. The van der Waals surface area contributed by atoms with Crippen LogP contribution < -0.4 is 0 Å². The zero-order chi connectivity index (χ0) is 17.3. The number of unbranched alkanes of at least 4 members (excludes halogenated alkanes) is 9. The zero-order valence-corrected chi connectivity index (χ0v) is 16.0. The first-order valence-electron chi connectivity index (χ1n) is 10.4. The van der Waals surface area contributed by atoms with Crippen LogP contribution in [0.15, 0.2) is 24.3 Å². The van der Waals surface area contributed by atoms with E-state index in [1.165, 1.54) is 77.0 Å². The first-order valence-corrected chi connectivity index (χ1v) is 10.4. The van der Waals surface area contributed by atoms with E-state index >= 15 is 0 Å². The van der Waals surface area contributed by atoms with Gasteiger partial charge in [-0.15, -0.1) is 0 Å². The summed E-state index contributed by atoms with van der Waals surface area (Å²) in [6.07, 6.45) is 26.1. The molecule has 24 heavy (non-hydrogen) atoms. The molecule has 0 bridgehead atoms. The minimum atomic E-state index is 0.389. The SMILES string of the molecule is CCCCC/C=C/C=C/CCCCCCCCC(=O)N1CCCC1. The molecule has 138 valence electrons. The molecule has 0 spiro atoms. The van der Waals surface area contributed by atoms with Crippen molar-refractivity contribution in [1.82, 2.24) is 4.90 Å². The number of likely N-dealkylation sites (tertiary alicyclic amines) is 1. The standard InChI is InChI=1S/C22H39NO/c1-2-3-4-5-6-7-8-9-10-11-12-13-14-15-16-19-22(24)23-20-17-18-21-23/h6-9H,2-5,10-21H2,1H3/b7-6+,9-8+. The molecule has 1 aliphatic rings. The van der Waals surface area contributed by atoms with Gasteiger partial charge >= 0.3 is 0 Å². The van der Waals surface area contributed by atoms with Crippen LogP contribution in [0.2, 0.25) is 0 Å². The number of rotatable bonds is 14. The second-order valence-electron chi connectivity index (χ2n) is 7.10. The van der Waals surface area contributed by atoms with Crippen LogP contribution in [0.5, 0.6) is 0 Å². The predicted molar refractivity (Wildman–Crippen MR) is 105 cm³/mol. The maximum Gasteiger partial charge on any atom is 0.222 e. The number of hydrogen-bond acceptors (Lipinski definition) is 1. The van der Waals surface area contributed by atoms with Gasteiger partial charge in [0.15, 0.2) is 0 Å². The molecule has 0 unspecified atom stereocenters. The number of allylic oxidation sites excluding steroid dienone is 4. The van der Waals surface area contributed by atoms with Gasteiger partial charge in [0, 0.05) is 19.5 Å². The van der Waals surface area contributed by atoms with Crippen LogP contribution in [0.4, 0.5) is 0 Å². The van der Waals surface area contributed by atoms with Crippen molar-refractivity contribution in [3.63, 3.8) is 0 Å². The summed E-state index contributed by atoms with van der Waals surface area (Å²) in [5.41, 5.74) is 0. The summed E-state index contributed by atoms with van der Waals surface area (Å²) in [6, 6.07) is 0.